The average molecular weight is 1610 g/mol. The van der Waals surface area contributed by atoms with Crippen LogP contribution in [0.15, 0.2) is 322 Å². The van der Waals surface area contributed by atoms with E-state index in [1.807, 2.05) is 0 Å². The normalized spacial score (nSPS) is 20.0. The van der Waals surface area contributed by atoms with Gasteiger partial charge in [0.25, 0.3) is 0 Å². The largest absolute Gasteiger partial charge is 0.310 e. The lowest BCUT2D eigenvalue weighted by molar-refractivity contribution is 0.443. The highest BCUT2D eigenvalue weighted by Crippen LogP contribution is 2.62. The van der Waals surface area contributed by atoms with E-state index in [2.05, 4.69) is 359 Å². The first-order valence-corrected chi connectivity index (χ1v) is 48.2. The first-order chi connectivity index (χ1) is 61.0. The van der Waals surface area contributed by atoms with Gasteiger partial charge in [-0.1, -0.05) is 379 Å². The van der Waals surface area contributed by atoms with E-state index < -0.39 is 10.8 Å². The van der Waals surface area contributed by atoms with Crippen LogP contribution in [0.4, 0.5) is 34.1 Å². The Labute approximate surface area is 739 Å². The van der Waals surface area contributed by atoms with Gasteiger partial charge in [-0.25, -0.2) is 0 Å². The van der Waals surface area contributed by atoms with Crippen molar-refractivity contribution in [2.24, 2.45) is 0 Å². The van der Waals surface area contributed by atoms with Crippen molar-refractivity contribution >= 4 is 34.1 Å². The van der Waals surface area contributed by atoms with Gasteiger partial charge in [-0.3, -0.25) is 0 Å². The standard InChI is InChI=1S/C64H65N.C58H55N/c1-63(2)59-41-48(45-22-9-4-10-23-45)34-37-55(59)56-38-35-51(42-60(56)63)65(62-33-18-16-30-53(62)46-24-11-5-12-25-46)52-36-39-57-54-31-15-17-32-58(54)64(61(57)43-52,49-27-13-6-14-28-49)50-29-19-26-47(40-50)44-20-7-3-8-21-44;1-57(2)54-37-43(41-20-9-4-10-21-41)30-33-50(54)51-34-31-47(38-55(51)57)59(46-26-13-6-14-27-46)48-32-35-52-49-28-15-16-29-53(49)58(56(52)39-48,44-23-11-5-12-24-44)45-25-17-22-42(36-45)40-18-7-3-8-19-40/h6,13-19,26-46H,3-5,7-12,20-25H2,1-2H3;5-6,11-17,22-41H,3-4,7-10,18-21H2,1-2H3. The Hall–Kier alpha value is -11.3. The molecule has 5 saturated carbocycles. The molecule has 0 aromatic heterocycles. The second-order valence-corrected chi connectivity index (χ2v) is 39.6. The molecule has 618 valence electrons. The zero-order valence-corrected chi connectivity index (χ0v) is 73.6. The van der Waals surface area contributed by atoms with Crippen LogP contribution < -0.4 is 9.80 Å². The Bertz CT molecular complexity index is 6290. The zero-order chi connectivity index (χ0) is 83.1. The molecule has 0 amide bonds. The lowest BCUT2D eigenvalue weighted by Gasteiger charge is -2.36. The predicted molar refractivity (Wildman–Crippen MR) is 521 cm³/mol. The SMILES string of the molecule is CC1(C)c2cc(C3CCCCC3)ccc2-c2ccc(N(c3ccc4c(c3)C(c3ccccc3)(c3cccc(C5CCCCC5)c3)c3ccccc3-4)c3ccccc3C3CCCCC3)cc21.CC1(C)c2cc(C3CCCCC3)ccc2-c2ccc(N(c3ccccc3)c3ccc4c(c3)C(c3ccccc3)(c3cccc(C5CCCCC5)c3)c3ccccc3-4)cc21. The number of hydrogen-bond acceptors (Lipinski definition) is 2. The van der Waals surface area contributed by atoms with Crippen molar-refractivity contribution in [2.75, 3.05) is 9.80 Å². The van der Waals surface area contributed by atoms with Gasteiger partial charge in [0.05, 0.1) is 10.8 Å². The van der Waals surface area contributed by atoms with Gasteiger partial charge in [-0.2, -0.15) is 0 Å². The summed E-state index contributed by atoms with van der Waals surface area (Å²) in [6, 6.07) is 126. The molecule has 0 spiro atoms. The Kier molecular flexibility index (Phi) is 20.7. The molecule has 2 atom stereocenters. The lowest BCUT2D eigenvalue weighted by atomic mass is 9.67. The molecule has 5 fully saturated rings. The van der Waals surface area contributed by atoms with Crippen molar-refractivity contribution in [3.63, 3.8) is 0 Å². The molecular weight excluding hydrogens is 1490 g/mol. The van der Waals surface area contributed by atoms with Crippen LogP contribution in [-0.2, 0) is 21.7 Å². The molecule has 14 aromatic rings. The molecule has 2 heteroatoms. The summed E-state index contributed by atoms with van der Waals surface area (Å²) < 4.78 is 0. The summed E-state index contributed by atoms with van der Waals surface area (Å²) in [4.78, 5) is 5.17. The number of nitrogens with zero attached hydrogens (tertiary/aromatic N) is 2. The molecule has 0 N–H and O–H groups in total. The average Bonchev–Trinajstić information content (AvgIpc) is 1.53. The van der Waals surface area contributed by atoms with Gasteiger partial charge in [0, 0.05) is 45.0 Å². The van der Waals surface area contributed by atoms with Crippen molar-refractivity contribution in [3.8, 4) is 44.5 Å². The Morgan fingerprint density at radius 1 is 0.194 bits per heavy atom. The van der Waals surface area contributed by atoms with Crippen LogP contribution in [0.25, 0.3) is 44.5 Å². The van der Waals surface area contributed by atoms with E-state index in [9.17, 15) is 0 Å². The maximum absolute atomic E-state index is 2.66. The smallest absolute Gasteiger partial charge is 0.0714 e. The van der Waals surface area contributed by atoms with Crippen molar-refractivity contribution in [1.29, 1.82) is 0 Å². The van der Waals surface area contributed by atoms with Crippen LogP contribution in [0, 0.1) is 0 Å². The monoisotopic (exact) mass is 1610 g/mol. The van der Waals surface area contributed by atoms with E-state index in [0.29, 0.717) is 29.6 Å². The summed E-state index contributed by atoms with van der Waals surface area (Å²) in [6.07, 6.45) is 33.2. The summed E-state index contributed by atoms with van der Waals surface area (Å²) in [7, 11) is 0. The quantitative estimate of drug-likeness (QED) is 0.101. The number of benzene rings is 14. The van der Waals surface area contributed by atoms with Crippen LogP contribution in [0.3, 0.4) is 0 Å². The molecular formula is C122H120N2. The van der Waals surface area contributed by atoms with Gasteiger partial charge >= 0.3 is 0 Å². The first-order valence-electron chi connectivity index (χ1n) is 48.2. The highest BCUT2D eigenvalue weighted by atomic mass is 15.2. The molecule has 9 aliphatic rings. The maximum Gasteiger partial charge on any atom is 0.0714 e. The minimum Gasteiger partial charge on any atom is -0.310 e. The van der Waals surface area contributed by atoms with Crippen molar-refractivity contribution < 1.29 is 0 Å². The van der Waals surface area contributed by atoms with Crippen molar-refractivity contribution in [2.45, 2.75) is 239 Å². The number of para-hydroxylation sites is 2. The summed E-state index contributed by atoms with van der Waals surface area (Å²) >= 11 is 0. The van der Waals surface area contributed by atoms with Crippen LogP contribution in [-0.4, -0.2) is 0 Å². The van der Waals surface area contributed by atoms with E-state index >= 15 is 0 Å². The van der Waals surface area contributed by atoms with E-state index in [0.717, 1.165) is 0 Å². The van der Waals surface area contributed by atoms with E-state index in [4.69, 9.17) is 0 Å². The summed E-state index contributed by atoms with van der Waals surface area (Å²) in [6.45, 7) is 9.85. The van der Waals surface area contributed by atoms with Crippen LogP contribution in [0.5, 0.6) is 0 Å². The Morgan fingerprint density at radius 2 is 0.484 bits per heavy atom. The Morgan fingerprint density at radius 3 is 0.887 bits per heavy atom. The van der Waals surface area contributed by atoms with Gasteiger partial charge in [0.2, 0.25) is 0 Å². The molecule has 2 unspecified atom stereocenters. The molecule has 2 nitrogen and oxygen atoms in total. The third kappa shape index (κ3) is 13.4. The molecule has 14 aromatic carbocycles. The Balaban J connectivity index is 0.000000148. The molecule has 0 radical (unpaired) electrons. The van der Waals surface area contributed by atoms with Gasteiger partial charge in [-0.15, -0.1) is 0 Å². The maximum atomic E-state index is 2.66. The number of hydrogen-bond donors (Lipinski definition) is 0. The highest BCUT2D eigenvalue weighted by Gasteiger charge is 2.50. The second-order valence-electron chi connectivity index (χ2n) is 39.6. The lowest BCUT2D eigenvalue weighted by Crippen LogP contribution is -2.29. The molecule has 23 rings (SSSR count). The van der Waals surface area contributed by atoms with Gasteiger partial charge in [0.1, 0.15) is 0 Å². The zero-order valence-electron chi connectivity index (χ0n) is 73.6. The fourth-order valence-corrected chi connectivity index (χ4v) is 25.7. The van der Waals surface area contributed by atoms with E-state index in [1.165, 1.54) is 323 Å². The fourth-order valence-electron chi connectivity index (χ4n) is 25.7. The highest BCUT2D eigenvalue weighted by molar-refractivity contribution is 5.94. The first kappa shape index (κ1) is 78.6. The minimum atomic E-state index is -0.472. The molecule has 0 heterocycles. The molecule has 0 aliphatic heterocycles. The second kappa shape index (κ2) is 32.7. The number of fused-ring (bicyclic) bond motifs is 12. The molecule has 0 saturated heterocycles. The third-order valence-electron chi connectivity index (χ3n) is 32.1. The topological polar surface area (TPSA) is 6.48 Å². The molecule has 124 heavy (non-hydrogen) atoms. The van der Waals surface area contributed by atoms with Crippen molar-refractivity contribution in [1.82, 2.24) is 0 Å². The molecule has 0 bridgehead atoms. The van der Waals surface area contributed by atoms with Gasteiger partial charge in [-0.05, 0) is 300 Å². The number of rotatable bonds is 15. The van der Waals surface area contributed by atoms with Gasteiger partial charge < -0.3 is 9.80 Å². The van der Waals surface area contributed by atoms with Crippen molar-refractivity contribution in [3.05, 3.63) is 416 Å². The van der Waals surface area contributed by atoms with Crippen LogP contribution in [0.1, 0.15) is 312 Å². The predicted octanol–water partition coefficient (Wildman–Crippen LogP) is 33.9. The van der Waals surface area contributed by atoms with E-state index in [1.54, 1.807) is 11.1 Å². The van der Waals surface area contributed by atoms with Gasteiger partial charge in [0.15, 0.2) is 0 Å². The number of anilines is 6. The van der Waals surface area contributed by atoms with Crippen LogP contribution >= 0.6 is 0 Å². The summed E-state index contributed by atoms with van der Waals surface area (Å²) in [5.74, 6) is 3.20. The summed E-state index contributed by atoms with van der Waals surface area (Å²) in [5.41, 5.74) is 41.5. The third-order valence-corrected chi connectivity index (χ3v) is 32.1. The van der Waals surface area contributed by atoms with E-state index in [-0.39, 0.29) is 10.8 Å². The molecule has 9 aliphatic carbocycles. The minimum absolute atomic E-state index is 0.0981. The fraction of sp³-hybridized carbons (Fsp3) is 0.311. The van der Waals surface area contributed by atoms with Crippen LogP contribution in [0.2, 0.25) is 0 Å². The summed E-state index contributed by atoms with van der Waals surface area (Å²) in [5, 5.41) is 0.